The molecular formula is C18H22N4O3. The summed E-state index contributed by atoms with van der Waals surface area (Å²) < 4.78 is 10.8. The minimum absolute atomic E-state index is 0.131. The van der Waals surface area contributed by atoms with E-state index >= 15 is 0 Å². The van der Waals surface area contributed by atoms with E-state index < -0.39 is 0 Å². The van der Waals surface area contributed by atoms with E-state index in [4.69, 9.17) is 9.47 Å². The highest BCUT2D eigenvalue weighted by atomic mass is 16.5. The Morgan fingerprint density at radius 2 is 2.00 bits per heavy atom. The molecule has 0 bridgehead atoms. The van der Waals surface area contributed by atoms with Crippen molar-refractivity contribution in [1.82, 2.24) is 9.97 Å². The second kappa shape index (κ2) is 7.83. The molecule has 1 aromatic carbocycles. The van der Waals surface area contributed by atoms with Gasteiger partial charge >= 0.3 is 0 Å². The lowest BCUT2D eigenvalue weighted by Crippen LogP contribution is -2.23. The van der Waals surface area contributed by atoms with Gasteiger partial charge in [-0.15, -0.1) is 0 Å². The van der Waals surface area contributed by atoms with Gasteiger partial charge in [-0.25, -0.2) is 4.98 Å². The number of para-hydroxylation sites is 2. The zero-order valence-electron chi connectivity index (χ0n) is 14.5. The van der Waals surface area contributed by atoms with Crippen LogP contribution in [-0.4, -0.2) is 42.7 Å². The number of rotatable bonds is 6. The number of anilines is 2. The van der Waals surface area contributed by atoms with Gasteiger partial charge in [-0.3, -0.25) is 4.79 Å². The first kappa shape index (κ1) is 17.0. The predicted molar refractivity (Wildman–Crippen MR) is 95.3 cm³/mol. The van der Waals surface area contributed by atoms with Gasteiger partial charge in [0.2, 0.25) is 11.8 Å². The first-order chi connectivity index (χ1) is 12.2. The molecule has 1 saturated heterocycles. The van der Waals surface area contributed by atoms with Crippen LogP contribution in [0, 0.1) is 6.92 Å². The number of ether oxygens (including phenoxy) is 2. The molecule has 1 amide bonds. The van der Waals surface area contributed by atoms with E-state index in [-0.39, 0.29) is 12.5 Å². The van der Waals surface area contributed by atoms with Crippen molar-refractivity contribution in [2.45, 2.75) is 19.8 Å². The van der Waals surface area contributed by atoms with Gasteiger partial charge in [0.15, 0.2) is 6.61 Å². The average Bonchev–Trinajstić information content (AvgIpc) is 3.15. The number of nitrogens with zero attached hydrogens (tertiary/aromatic N) is 3. The zero-order chi connectivity index (χ0) is 17.6. The lowest BCUT2D eigenvalue weighted by molar-refractivity contribution is -0.118. The zero-order valence-corrected chi connectivity index (χ0v) is 14.5. The summed E-state index contributed by atoms with van der Waals surface area (Å²) in [5, 5.41) is 2.77. The normalized spacial score (nSPS) is 13.6. The summed E-state index contributed by atoms with van der Waals surface area (Å²) >= 11 is 0. The second-order valence-electron chi connectivity index (χ2n) is 5.88. The Balaban J connectivity index is 1.62. The van der Waals surface area contributed by atoms with Crippen LogP contribution in [0.25, 0.3) is 0 Å². The summed E-state index contributed by atoms with van der Waals surface area (Å²) in [6, 6.07) is 8.96. The van der Waals surface area contributed by atoms with Crippen molar-refractivity contribution in [1.29, 1.82) is 0 Å². The van der Waals surface area contributed by atoms with Crippen molar-refractivity contribution in [3.05, 3.63) is 36.0 Å². The van der Waals surface area contributed by atoms with Gasteiger partial charge in [0, 0.05) is 24.8 Å². The van der Waals surface area contributed by atoms with E-state index in [2.05, 4.69) is 20.2 Å². The first-order valence-corrected chi connectivity index (χ1v) is 8.32. The third kappa shape index (κ3) is 4.37. The minimum Gasteiger partial charge on any atom is -0.495 e. The van der Waals surface area contributed by atoms with Crippen LogP contribution in [0.3, 0.4) is 0 Å². The lowest BCUT2D eigenvalue weighted by Gasteiger charge is -2.16. The van der Waals surface area contributed by atoms with Crippen molar-refractivity contribution in [2.24, 2.45) is 0 Å². The Bertz CT molecular complexity index is 745. The molecule has 0 spiro atoms. The molecule has 0 radical (unpaired) electrons. The summed E-state index contributed by atoms with van der Waals surface area (Å²) in [5.74, 6) is 1.40. The highest BCUT2D eigenvalue weighted by Crippen LogP contribution is 2.23. The number of nitrogens with one attached hydrogen (secondary N) is 1. The standard InChI is InChI=1S/C18H22N4O3/c1-13-11-17(21-18(19-13)22-9-5-6-10-22)25-12-16(23)20-14-7-3-4-8-15(14)24-2/h3-4,7-8,11H,5-6,9-10,12H2,1-2H3,(H,20,23). The maximum atomic E-state index is 12.1. The molecule has 3 rings (SSSR count). The van der Waals surface area contributed by atoms with E-state index in [9.17, 15) is 4.79 Å². The average molecular weight is 342 g/mol. The van der Waals surface area contributed by atoms with Crippen LogP contribution < -0.4 is 19.7 Å². The molecule has 0 saturated carbocycles. The highest BCUT2D eigenvalue weighted by molar-refractivity contribution is 5.93. The molecule has 132 valence electrons. The molecule has 0 unspecified atom stereocenters. The Kier molecular flexibility index (Phi) is 5.33. The van der Waals surface area contributed by atoms with Crippen molar-refractivity contribution in [3.8, 4) is 11.6 Å². The fourth-order valence-corrected chi connectivity index (χ4v) is 2.73. The molecule has 0 aliphatic carbocycles. The van der Waals surface area contributed by atoms with Gasteiger partial charge in [0.1, 0.15) is 5.75 Å². The van der Waals surface area contributed by atoms with E-state index in [0.717, 1.165) is 31.6 Å². The van der Waals surface area contributed by atoms with Crippen LogP contribution in [0.2, 0.25) is 0 Å². The number of amides is 1. The van der Waals surface area contributed by atoms with Crippen LogP contribution in [-0.2, 0) is 4.79 Å². The van der Waals surface area contributed by atoms with Crippen LogP contribution in [0.5, 0.6) is 11.6 Å². The maximum Gasteiger partial charge on any atom is 0.262 e. The number of aryl methyl sites for hydroxylation is 1. The molecular weight excluding hydrogens is 320 g/mol. The molecule has 7 heteroatoms. The number of carbonyl (C=O) groups is 1. The van der Waals surface area contributed by atoms with Crippen LogP contribution >= 0.6 is 0 Å². The molecule has 2 heterocycles. The summed E-state index contributed by atoms with van der Waals surface area (Å²) in [6.45, 7) is 3.67. The SMILES string of the molecule is COc1ccccc1NC(=O)COc1cc(C)nc(N2CCCC2)n1. The first-order valence-electron chi connectivity index (χ1n) is 8.32. The van der Waals surface area contributed by atoms with E-state index in [1.54, 1.807) is 25.3 Å². The number of benzene rings is 1. The van der Waals surface area contributed by atoms with Gasteiger partial charge in [-0.2, -0.15) is 4.98 Å². The molecule has 25 heavy (non-hydrogen) atoms. The number of aromatic nitrogens is 2. The Morgan fingerprint density at radius 3 is 2.76 bits per heavy atom. The fourth-order valence-electron chi connectivity index (χ4n) is 2.73. The van der Waals surface area contributed by atoms with E-state index in [1.807, 2.05) is 19.1 Å². The van der Waals surface area contributed by atoms with Gasteiger partial charge in [-0.1, -0.05) is 12.1 Å². The second-order valence-corrected chi connectivity index (χ2v) is 5.88. The van der Waals surface area contributed by atoms with Crippen molar-refractivity contribution < 1.29 is 14.3 Å². The molecule has 1 fully saturated rings. The third-order valence-electron chi connectivity index (χ3n) is 3.94. The number of methoxy groups -OCH3 is 1. The predicted octanol–water partition coefficient (Wildman–Crippen LogP) is 2.41. The van der Waals surface area contributed by atoms with Crippen LogP contribution in [0.4, 0.5) is 11.6 Å². The van der Waals surface area contributed by atoms with Crippen molar-refractivity contribution >= 4 is 17.5 Å². The fraction of sp³-hybridized carbons (Fsp3) is 0.389. The van der Waals surface area contributed by atoms with Gasteiger partial charge in [0.25, 0.3) is 5.91 Å². The van der Waals surface area contributed by atoms with Gasteiger partial charge in [0.05, 0.1) is 12.8 Å². The molecule has 2 aromatic rings. The minimum atomic E-state index is -0.275. The van der Waals surface area contributed by atoms with E-state index in [0.29, 0.717) is 23.3 Å². The van der Waals surface area contributed by atoms with E-state index in [1.165, 1.54) is 0 Å². The molecule has 7 nitrogen and oxygen atoms in total. The number of hydrogen-bond donors (Lipinski definition) is 1. The molecule has 1 aliphatic heterocycles. The quantitative estimate of drug-likeness (QED) is 0.869. The molecule has 1 aromatic heterocycles. The molecule has 0 atom stereocenters. The molecule has 1 N–H and O–H groups in total. The maximum absolute atomic E-state index is 12.1. The summed E-state index contributed by atoms with van der Waals surface area (Å²) in [5.41, 5.74) is 1.42. The van der Waals surface area contributed by atoms with Crippen molar-refractivity contribution in [2.75, 3.05) is 37.0 Å². The van der Waals surface area contributed by atoms with Gasteiger partial charge < -0.3 is 19.7 Å². The summed E-state index contributed by atoms with van der Waals surface area (Å²) in [7, 11) is 1.56. The Labute approximate surface area is 147 Å². The highest BCUT2D eigenvalue weighted by Gasteiger charge is 2.16. The number of carbonyl (C=O) groups excluding carboxylic acids is 1. The summed E-state index contributed by atoms with van der Waals surface area (Å²) in [6.07, 6.45) is 2.30. The summed E-state index contributed by atoms with van der Waals surface area (Å²) in [4.78, 5) is 23.1. The molecule has 1 aliphatic rings. The number of hydrogen-bond acceptors (Lipinski definition) is 6. The largest absolute Gasteiger partial charge is 0.495 e. The Hall–Kier alpha value is -2.83. The topological polar surface area (TPSA) is 76.6 Å². The van der Waals surface area contributed by atoms with Crippen molar-refractivity contribution in [3.63, 3.8) is 0 Å². The Morgan fingerprint density at radius 1 is 1.24 bits per heavy atom. The lowest BCUT2D eigenvalue weighted by atomic mass is 10.3. The monoisotopic (exact) mass is 342 g/mol. The smallest absolute Gasteiger partial charge is 0.262 e. The van der Waals surface area contributed by atoms with Crippen LogP contribution in [0.1, 0.15) is 18.5 Å². The van der Waals surface area contributed by atoms with Crippen LogP contribution in [0.15, 0.2) is 30.3 Å². The third-order valence-corrected chi connectivity index (χ3v) is 3.94. The van der Waals surface area contributed by atoms with Gasteiger partial charge in [-0.05, 0) is 31.9 Å².